The van der Waals surface area contributed by atoms with Gasteiger partial charge in [0.05, 0.1) is 16.4 Å². The molecule has 1 N–H and O–H groups in total. The SMILES string of the molecule is Cc1ccc(CNCCc2nc(-c3ccccn3)cs2)cc1. The summed E-state index contributed by atoms with van der Waals surface area (Å²) in [6, 6.07) is 14.6. The third-order valence-corrected chi connectivity index (χ3v) is 4.35. The van der Waals surface area contributed by atoms with E-state index in [-0.39, 0.29) is 0 Å². The van der Waals surface area contributed by atoms with Gasteiger partial charge in [0, 0.05) is 31.1 Å². The van der Waals surface area contributed by atoms with Crippen molar-refractivity contribution in [2.24, 2.45) is 0 Å². The maximum atomic E-state index is 4.65. The van der Waals surface area contributed by atoms with Crippen LogP contribution in [0.15, 0.2) is 54.0 Å². The van der Waals surface area contributed by atoms with Crippen molar-refractivity contribution in [3.8, 4) is 11.4 Å². The number of aryl methyl sites for hydroxylation is 1. The molecule has 0 spiro atoms. The predicted molar refractivity (Wildman–Crippen MR) is 91.9 cm³/mol. The first-order chi connectivity index (χ1) is 10.8. The summed E-state index contributed by atoms with van der Waals surface area (Å²) in [6.07, 6.45) is 2.75. The summed E-state index contributed by atoms with van der Waals surface area (Å²) < 4.78 is 0. The van der Waals surface area contributed by atoms with Crippen LogP contribution in [0.3, 0.4) is 0 Å². The van der Waals surface area contributed by atoms with Crippen LogP contribution in [-0.2, 0) is 13.0 Å². The molecule has 0 bridgehead atoms. The molecule has 0 aliphatic heterocycles. The number of nitrogens with zero attached hydrogens (tertiary/aromatic N) is 2. The average Bonchev–Trinajstić information content (AvgIpc) is 3.03. The Hall–Kier alpha value is -2.04. The molecule has 3 rings (SSSR count). The highest BCUT2D eigenvalue weighted by molar-refractivity contribution is 7.09. The summed E-state index contributed by atoms with van der Waals surface area (Å²) in [7, 11) is 0. The first kappa shape index (κ1) is 14.9. The highest BCUT2D eigenvalue weighted by Crippen LogP contribution is 2.19. The molecule has 0 saturated heterocycles. The van der Waals surface area contributed by atoms with Crippen LogP contribution in [-0.4, -0.2) is 16.5 Å². The Labute approximate surface area is 135 Å². The summed E-state index contributed by atoms with van der Waals surface area (Å²) in [5.74, 6) is 0. The molecule has 0 saturated carbocycles. The molecule has 0 aliphatic rings. The van der Waals surface area contributed by atoms with Gasteiger partial charge < -0.3 is 5.32 Å². The second kappa shape index (κ2) is 7.29. The Morgan fingerprint density at radius 1 is 1.05 bits per heavy atom. The van der Waals surface area contributed by atoms with E-state index in [4.69, 9.17) is 0 Å². The second-order valence-electron chi connectivity index (χ2n) is 5.25. The van der Waals surface area contributed by atoms with Gasteiger partial charge in [-0.2, -0.15) is 0 Å². The van der Waals surface area contributed by atoms with Gasteiger partial charge in [0.25, 0.3) is 0 Å². The van der Waals surface area contributed by atoms with Crippen molar-refractivity contribution in [1.29, 1.82) is 0 Å². The highest BCUT2D eigenvalue weighted by atomic mass is 32.1. The van der Waals surface area contributed by atoms with Crippen LogP contribution in [0, 0.1) is 6.92 Å². The van der Waals surface area contributed by atoms with Crippen LogP contribution in [0.5, 0.6) is 0 Å². The van der Waals surface area contributed by atoms with Crippen molar-refractivity contribution in [3.63, 3.8) is 0 Å². The molecule has 0 radical (unpaired) electrons. The maximum absolute atomic E-state index is 4.65. The molecular weight excluding hydrogens is 290 g/mol. The van der Waals surface area contributed by atoms with Gasteiger partial charge in [0.15, 0.2) is 0 Å². The lowest BCUT2D eigenvalue weighted by Gasteiger charge is -2.04. The smallest absolute Gasteiger partial charge is 0.0998 e. The van der Waals surface area contributed by atoms with Gasteiger partial charge in [0.1, 0.15) is 0 Å². The largest absolute Gasteiger partial charge is 0.312 e. The zero-order valence-corrected chi connectivity index (χ0v) is 13.4. The van der Waals surface area contributed by atoms with Gasteiger partial charge in [-0.1, -0.05) is 35.9 Å². The molecule has 0 amide bonds. The summed E-state index contributed by atoms with van der Waals surface area (Å²) >= 11 is 1.70. The van der Waals surface area contributed by atoms with E-state index in [2.05, 4.69) is 51.9 Å². The van der Waals surface area contributed by atoms with Gasteiger partial charge >= 0.3 is 0 Å². The quantitative estimate of drug-likeness (QED) is 0.703. The van der Waals surface area contributed by atoms with Crippen LogP contribution < -0.4 is 5.32 Å². The maximum Gasteiger partial charge on any atom is 0.0998 e. The van der Waals surface area contributed by atoms with E-state index >= 15 is 0 Å². The van der Waals surface area contributed by atoms with Gasteiger partial charge in [-0.3, -0.25) is 4.98 Å². The number of nitrogens with one attached hydrogen (secondary N) is 1. The Morgan fingerprint density at radius 2 is 1.91 bits per heavy atom. The molecular formula is C18H19N3S. The molecule has 0 atom stereocenters. The number of hydrogen-bond acceptors (Lipinski definition) is 4. The van der Waals surface area contributed by atoms with E-state index in [0.29, 0.717) is 0 Å². The minimum atomic E-state index is 0.902. The Balaban J connectivity index is 1.48. The highest BCUT2D eigenvalue weighted by Gasteiger charge is 2.04. The number of pyridine rings is 1. The summed E-state index contributed by atoms with van der Waals surface area (Å²) in [5.41, 5.74) is 4.53. The molecule has 4 heteroatoms. The summed E-state index contributed by atoms with van der Waals surface area (Å²) in [4.78, 5) is 8.99. The lowest BCUT2D eigenvalue weighted by Crippen LogP contribution is -2.16. The molecule has 0 aliphatic carbocycles. The third kappa shape index (κ3) is 4.00. The first-order valence-electron chi connectivity index (χ1n) is 7.43. The lowest BCUT2D eigenvalue weighted by molar-refractivity contribution is 0.685. The van der Waals surface area contributed by atoms with E-state index in [9.17, 15) is 0 Å². The molecule has 112 valence electrons. The Morgan fingerprint density at radius 3 is 2.68 bits per heavy atom. The molecule has 0 fully saturated rings. The molecule has 0 unspecified atom stereocenters. The number of benzene rings is 1. The van der Waals surface area contributed by atoms with Gasteiger partial charge in [-0.25, -0.2) is 4.98 Å². The average molecular weight is 309 g/mol. The van der Waals surface area contributed by atoms with Crippen LogP contribution >= 0.6 is 11.3 Å². The lowest BCUT2D eigenvalue weighted by atomic mass is 10.1. The number of thiazole rings is 1. The minimum absolute atomic E-state index is 0.902. The number of hydrogen-bond donors (Lipinski definition) is 1. The predicted octanol–water partition coefficient (Wildman–Crippen LogP) is 3.85. The van der Waals surface area contributed by atoms with E-state index in [1.54, 1.807) is 17.5 Å². The van der Waals surface area contributed by atoms with E-state index in [1.165, 1.54) is 11.1 Å². The van der Waals surface area contributed by atoms with E-state index < -0.39 is 0 Å². The number of rotatable bonds is 6. The van der Waals surface area contributed by atoms with Crippen LogP contribution in [0.25, 0.3) is 11.4 Å². The fraction of sp³-hybridized carbons (Fsp3) is 0.222. The molecule has 22 heavy (non-hydrogen) atoms. The van der Waals surface area contributed by atoms with Crippen molar-refractivity contribution in [3.05, 3.63) is 70.2 Å². The van der Waals surface area contributed by atoms with Crippen LogP contribution in [0.1, 0.15) is 16.1 Å². The molecule has 1 aromatic carbocycles. The van der Waals surface area contributed by atoms with Gasteiger partial charge in [-0.05, 0) is 24.6 Å². The summed E-state index contributed by atoms with van der Waals surface area (Å²) in [5, 5.41) is 6.70. The first-order valence-corrected chi connectivity index (χ1v) is 8.31. The topological polar surface area (TPSA) is 37.8 Å². The van der Waals surface area contributed by atoms with E-state index in [1.807, 2.05) is 18.2 Å². The van der Waals surface area contributed by atoms with Crippen molar-refractivity contribution in [1.82, 2.24) is 15.3 Å². The minimum Gasteiger partial charge on any atom is -0.312 e. The standard InChI is InChI=1S/C18H19N3S/c1-14-5-7-15(8-6-14)12-19-11-9-18-21-17(13-22-18)16-4-2-3-10-20-16/h2-8,10,13,19H,9,11-12H2,1H3. The van der Waals surface area contributed by atoms with Crippen LogP contribution in [0.4, 0.5) is 0 Å². The van der Waals surface area contributed by atoms with Gasteiger partial charge in [0.2, 0.25) is 0 Å². The monoisotopic (exact) mass is 309 g/mol. The van der Waals surface area contributed by atoms with Crippen LogP contribution in [0.2, 0.25) is 0 Å². The fourth-order valence-corrected chi connectivity index (χ4v) is 2.98. The Kier molecular flexibility index (Phi) is 4.93. The van der Waals surface area contributed by atoms with Crippen molar-refractivity contribution in [2.45, 2.75) is 19.9 Å². The molecule has 2 heterocycles. The molecule has 2 aromatic heterocycles. The number of aromatic nitrogens is 2. The molecule has 3 aromatic rings. The summed E-state index contributed by atoms with van der Waals surface area (Å²) in [6.45, 7) is 3.95. The van der Waals surface area contributed by atoms with Crippen molar-refractivity contribution in [2.75, 3.05) is 6.54 Å². The Bertz CT molecular complexity index is 705. The normalized spacial score (nSPS) is 10.8. The zero-order chi connectivity index (χ0) is 15.2. The second-order valence-corrected chi connectivity index (χ2v) is 6.20. The zero-order valence-electron chi connectivity index (χ0n) is 12.6. The fourth-order valence-electron chi connectivity index (χ4n) is 2.19. The third-order valence-electron chi connectivity index (χ3n) is 3.44. The van der Waals surface area contributed by atoms with Crippen molar-refractivity contribution >= 4 is 11.3 Å². The van der Waals surface area contributed by atoms with Crippen molar-refractivity contribution < 1.29 is 0 Å². The van der Waals surface area contributed by atoms with E-state index in [0.717, 1.165) is 35.9 Å². The molecule has 3 nitrogen and oxygen atoms in total. The van der Waals surface area contributed by atoms with Gasteiger partial charge in [-0.15, -0.1) is 11.3 Å².